The highest BCUT2D eigenvalue weighted by Crippen LogP contribution is 2.29. The van der Waals surface area contributed by atoms with E-state index in [1.54, 1.807) is 0 Å². The molecule has 1 saturated heterocycles. The lowest BCUT2D eigenvalue weighted by Gasteiger charge is -2.19. The molecule has 0 unspecified atom stereocenters. The molecule has 1 fully saturated rings. The smallest absolute Gasteiger partial charge is 0.340 e. The molecule has 0 aromatic heterocycles. The van der Waals surface area contributed by atoms with Gasteiger partial charge in [-0.15, -0.1) is 0 Å². The standard InChI is InChI=1S/C19H14ClF2NO4/c20-11-3-5-13(16(8-11)23-7-1-2-18(23)25)19(26)27-10-17(24)14-9-12(21)4-6-15(14)22/h3-6,8-9H,1-2,7,10H2. The predicted molar refractivity (Wildman–Crippen MR) is 94.0 cm³/mol. The van der Waals surface area contributed by atoms with Gasteiger partial charge >= 0.3 is 5.97 Å². The van der Waals surface area contributed by atoms with Crippen molar-refractivity contribution in [2.45, 2.75) is 12.8 Å². The molecule has 1 aliphatic heterocycles. The van der Waals surface area contributed by atoms with E-state index >= 15 is 0 Å². The van der Waals surface area contributed by atoms with Gasteiger partial charge in [0.15, 0.2) is 6.61 Å². The fourth-order valence-electron chi connectivity index (χ4n) is 2.80. The summed E-state index contributed by atoms with van der Waals surface area (Å²) in [5.74, 6) is -3.59. The molecule has 8 heteroatoms. The maximum absolute atomic E-state index is 13.6. The minimum absolute atomic E-state index is 0.0576. The molecule has 0 bridgehead atoms. The van der Waals surface area contributed by atoms with E-state index in [4.69, 9.17) is 16.3 Å². The van der Waals surface area contributed by atoms with Gasteiger partial charge in [-0.1, -0.05) is 11.6 Å². The molecule has 1 aliphatic rings. The van der Waals surface area contributed by atoms with Crippen LogP contribution in [0.1, 0.15) is 33.6 Å². The predicted octanol–water partition coefficient (Wildman–Crippen LogP) is 3.78. The van der Waals surface area contributed by atoms with E-state index in [1.165, 1.54) is 23.1 Å². The fourth-order valence-corrected chi connectivity index (χ4v) is 2.97. The fraction of sp³-hybridized carbons (Fsp3) is 0.211. The molecule has 27 heavy (non-hydrogen) atoms. The van der Waals surface area contributed by atoms with Crippen molar-refractivity contribution in [3.63, 3.8) is 0 Å². The van der Waals surface area contributed by atoms with Crippen molar-refractivity contribution in [2.24, 2.45) is 0 Å². The molecule has 140 valence electrons. The first-order valence-electron chi connectivity index (χ1n) is 8.12. The third kappa shape index (κ3) is 4.14. The van der Waals surface area contributed by atoms with E-state index in [9.17, 15) is 23.2 Å². The zero-order chi connectivity index (χ0) is 19.6. The Bertz CT molecular complexity index is 932. The molecule has 0 spiro atoms. The second-order valence-corrected chi connectivity index (χ2v) is 6.37. The Morgan fingerprint density at radius 1 is 1.11 bits per heavy atom. The number of ether oxygens (including phenoxy) is 1. The van der Waals surface area contributed by atoms with Crippen LogP contribution in [0.2, 0.25) is 5.02 Å². The first-order chi connectivity index (χ1) is 12.9. The van der Waals surface area contributed by atoms with Crippen LogP contribution in [-0.2, 0) is 9.53 Å². The van der Waals surface area contributed by atoms with Gasteiger partial charge in [-0.3, -0.25) is 9.59 Å². The van der Waals surface area contributed by atoms with Crippen molar-refractivity contribution in [1.29, 1.82) is 0 Å². The molecule has 2 aromatic rings. The van der Waals surface area contributed by atoms with Gasteiger partial charge < -0.3 is 9.64 Å². The number of carbonyl (C=O) groups is 3. The molecule has 3 rings (SSSR count). The maximum Gasteiger partial charge on any atom is 0.340 e. The number of Topliss-reactive ketones (excluding diaryl/α,β-unsaturated/α-hetero) is 1. The summed E-state index contributed by atoms with van der Waals surface area (Å²) in [6, 6.07) is 6.75. The van der Waals surface area contributed by atoms with Crippen LogP contribution < -0.4 is 4.90 Å². The van der Waals surface area contributed by atoms with Crippen LogP contribution in [0.15, 0.2) is 36.4 Å². The first-order valence-corrected chi connectivity index (χ1v) is 8.50. The first kappa shape index (κ1) is 19.0. The summed E-state index contributed by atoms with van der Waals surface area (Å²) in [4.78, 5) is 37.8. The molecule has 1 heterocycles. The second-order valence-electron chi connectivity index (χ2n) is 5.93. The van der Waals surface area contributed by atoms with E-state index in [1.807, 2.05) is 0 Å². The van der Waals surface area contributed by atoms with Gasteiger partial charge in [0.1, 0.15) is 11.6 Å². The number of halogens is 3. The largest absolute Gasteiger partial charge is 0.454 e. The Kier molecular flexibility index (Phi) is 5.51. The lowest BCUT2D eigenvalue weighted by molar-refractivity contribution is -0.117. The minimum Gasteiger partial charge on any atom is -0.454 e. The Balaban J connectivity index is 1.77. The normalized spacial score (nSPS) is 13.7. The number of nitrogens with zero attached hydrogens (tertiary/aromatic N) is 1. The molecule has 1 amide bonds. The van der Waals surface area contributed by atoms with Crippen molar-refractivity contribution in [3.05, 3.63) is 64.2 Å². The number of anilines is 1. The second kappa shape index (κ2) is 7.84. The summed E-state index contributed by atoms with van der Waals surface area (Å²) < 4.78 is 31.8. The molecule has 0 N–H and O–H groups in total. The summed E-state index contributed by atoms with van der Waals surface area (Å²) in [6.45, 7) is -0.331. The number of amides is 1. The highest BCUT2D eigenvalue weighted by atomic mass is 35.5. The topological polar surface area (TPSA) is 63.7 Å². The zero-order valence-corrected chi connectivity index (χ0v) is 14.8. The Morgan fingerprint density at radius 2 is 1.89 bits per heavy atom. The molecular weight excluding hydrogens is 380 g/mol. The van der Waals surface area contributed by atoms with Crippen molar-refractivity contribution >= 4 is 34.9 Å². The SMILES string of the molecule is O=C(COC(=O)c1ccc(Cl)cc1N1CCCC1=O)c1cc(F)ccc1F. The monoisotopic (exact) mass is 393 g/mol. The van der Waals surface area contributed by atoms with Crippen molar-refractivity contribution in [1.82, 2.24) is 0 Å². The Labute approximate surface area is 158 Å². The number of rotatable bonds is 5. The lowest BCUT2D eigenvalue weighted by atomic mass is 10.1. The number of ketones is 1. The van der Waals surface area contributed by atoms with Crippen LogP contribution >= 0.6 is 11.6 Å². The van der Waals surface area contributed by atoms with Gasteiger partial charge in [-0.05, 0) is 42.8 Å². The summed E-state index contributed by atoms with van der Waals surface area (Å²) in [5, 5.41) is 0.333. The highest BCUT2D eigenvalue weighted by molar-refractivity contribution is 6.31. The Hall–Kier alpha value is -2.80. The van der Waals surface area contributed by atoms with Crippen LogP contribution in [0.25, 0.3) is 0 Å². The van der Waals surface area contributed by atoms with Gasteiger partial charge in [0.25, 0.3) is 0 Å². The molecule has 0 aliphatic carbocycles. The van der Waals surface area contributed by atoms with E-state index in [-0.39, 0.29) is 11.5 Å². The van der Waals surface area contributed by atoms with Crippen molar-refractivity contribution in [3.8, 4) is 0 Å². The molecule has 0 saturated carbocycles. The van der Waals surface area contributed by atoms with Crippen molar-refractivity contribution in [2.75, 3.05) is 18.1 Å². The van der Waals surface area contributed by atoms with Gasteiger partial charge in [-0.25, -0.2) is 13.6 Å². The highest BCUT2D eigenvalue weighted by Gasteiger charge is 2.27. The summed E-state index contributed by atoms with van der Waals surface area (Å²) in [5.41, 5.74) is -0.157. The number of carbonyl (C=O) groups excluding carboxylic acids is 3. The molecule has 5 nitrogen and oxygen atoms in total. The quantitative estimate of drug-likeness (QED) is 0.573. The van der Waals surface area contributed by atoms with Crippen LogP contribution in [0, 0.1) is 11.6 Å². The van der Waals surface area contributed by atoms with E-state index in [0.717, 1.165) is 18.2 Å². The third-order valence-electron chi connectivity index (χ3n) is 4.11. The van der Waals surface area contributed by atoms with Crippen LogP contribution in [-0.4, -0.2) is 30.8 Å². The Morgan fingerprint density at radius 3 is 2.59 bits per heavy atom. The van der Waals surface area contributed by atoms with Crippen LogP contribution in [0.4, 0.5) is 14.5 Å². The van der Waals surface area contributed by atoms with Crippen LogP contribution in [0.3, 0.4) is 0 Å². The third-order valence-corrected chi connectivity index (χ3v) is 4.34. The average Bonchev–Trinajstić information content (AvgIpc) is 3.07. The number of benzene rings is 2. The molecule has 0 radical (unpaired) electrons. The maximum atomic E-state index is 13.6. The van der Waals surface area contributed by atoms with E-state index in [2.05, 4.69) is 0 Å². The number of hydrogen-bond donors (Lipinski definition) is 0. The van der Waals surface area contributed by atoms with Crippen LogP contribution in [0.5, 0.6) is 0 Å². The molecule has 2 aromatic carbocycles. The molecule has 0 atom stereocenters. The van der Waals surface area contributed by atoms with Gasteiger partial charge in [0.05, 0.1) is 16.8 Å². The summed E-state index contributed by atoms with van der Waals surface area (Å²) >= 11 is 5.97. The number of esters is 1. The summed E-state index contributed by atoms with van der Waals surface area (Å²) in [6.07, 6.45) is 1.01. The van der Waals surface area contributed by atoms with Gasteiger partial charge in [0, 0.05) is 18.0 Å². The summed E-state index contributed by atoms with van der Waals surface area (Å²) in [7, 11) is 0. The van der Waals surface area contributed by atoms with Gasteiger partial charge in [-0.2, -0.15) is 0 Å². The van der Waals surface area contributed by atoms with Crippen molar-refractivity contribution < 1.29 is 27.9 Å². The van der Waals surface area contributed by atoms with E-state index < -0.39 is 35.6 Å². The van der Waals surface area contributed by atoms with E-state index in [0.29, 0.717) is 30.1 Å². The average molecular weight is 394 g/mol. The number of hydrogen-bond acceptors (Lipinski definition) is 4. The zero-order valence-electron chi connectivity index (χ0n) is 14.0. The minimum atomic E-state index is -0.910. The lowest BCUT2D eigenvalue weighted by Crippen LogP contribution is -2.26. The van der Waals surface area contributed by atoms with Gasteiger partial charge in [0.2, 0.25) is 11.7 Å². The molecular formula is C19H14ClF2NO4.